The van der Waals surface area contributed by atoms with E-state index in [1.807, 2.05) is 35.7 Å². The summed E-state index contributed by atoms with van der Waals surface area (Å²) in [5.41, 5.74) is 7.16. The summed E-state index contributed by atoms with van der Waals surface area (Å²) < 4.78 is 0. The van der Waals surface area contributed by atoms with Crippen LogP contribution >= 0.6 is 11.3 Å². The van der Waals surface area contributed by atoms with Gasteiger partial charge in [0.15, 0.2) is 0 Å². The highest BCUT2D eigenvalue weighted by Gasteiger charge is 2.19. The number of nitrogens with zero attached hydrogens (tertiary/aromatic N) is 2. The minimum Gasteiger partial charge on any atom is -0.331 e. The monoisotopic (exact) mass is 405 g/mol. The molecule has 0 unspecified atom stereocenters. The molecule has 0 radical (unpaired) electrons. The first-order chi connectivity index (χ1) is 14.3. The first kappa shape index (κ1) is 19.5. The molecule has 0 aliphatic carbocycles. The van der Waals surface area contributed by atoms with E-state index in [1.165, 1.54) is 16.9 Å². The number of hydrogen-bond acceptors (Lipinski definition) is 4. The van der Waals surface area contributed by atoms with E-state index >= 15 is 0 Å². The van der Waals surface area contributed by atoms with Gasteiger partial charge in [-0.3, -0.25) is 4.79 Å². The molecule has 1 aliphatic rings. The van der Waals surface area contributed by atoms with Crippen LogP contribution in [0.25, 0.3) is 11.3 Å². The van der Waals surface area contributed by atoms with Crippen LogP contribution in [0.2, 0.25) is 0 Å². The number of carbonyl (C=O) groups excluding carboxylic acids is 1. The lowest BCUT2D eigenvalue weighted by molar-refractivity contribution is -0.914. The van der Waals surface area contributed by atoms with Crippen molar-refractivity contribution >= 4 is 23.0 Å². The number of carbonyl (C=O) groups is 1. The van der Waals surface area contributed by atoms with Crippen molar-refractivity contribution in [1.82, 2.24) is 10.4 Å². The Labute approximate surface area is 175 Å². The van der Waals surface area contributed by atoms with Crippen LogP contribution in [0.3, 0.4) is 0 Å². The molecule has 4 rings (SSSR count). The highest BCUT2D eigenvalue weighted by Crippen LogP contribution is 2.21. The second kappa shape index (κ2) is 9.58. The molecule has 2 aromatic carbocycles. The lowest BCUT2D eigenvalue weighted by Gasteiger charge is -2.24. The summed E-state index contributed by atoms with van der Waals surface area (Å²) in [6.07, 6.45) is 2.12. The van der Waals surface area contributed by atoms with E-state index in [9.17, 15) is 4.79 Å². The van der Waals surface area contributed by atoms with Gasteiger partial charge in [0.25, 0.3) is 0 Å². The van der Waals surface area contributed by atoms with Gasteiger partial charge in [-0.1, -0.05) is 60.7 Å². The number of benzene rings is 2. The molecule has 29 heavy (non-hydrogen) atoms. The summed E-state index contributed by atoms with van der Waals surface area (Å²) in [6.45, 7) is 3.15. The quantitative estimate of drug-likeness (QED) is 0.620. The molecular formula is C23H25N4OS+. The average Bonchev–Trinajstić information content (AvgIpc) is 3.23. The molecule has 0 bridgehead atoms. The largest absolute Gasteiger partial charge is 0.331 e. The van der Waals surface area contributed by atoms with Crippen molar-refractivity contribution in [2.45, 2.75) is 25.8 Å². The van der Waals surface area contributed by atoms with E-state index in [4.69, 9.17) is 0 Å². The SMILES string of the molecule is O=C(Cc1nc(-c2ccccc2)cs1)NN=C1CC[NH+](Cc2ccccc2)CC1. The molecule has 148 valence electrons. The first-order valence-electron chi connectivity index (χ1n) is 9.98. The molecule has 6 heteroatoms. The van der Waals surface area contributed by atoms with Crippen LogP contribution in [-0.2, 0) is 17.8 Å². The molecule has 1 aromatic heterocycles. The maximum absolute atomic E-state index is 12.2. The maximum atomic E-state index is 12.2. The molecule has 1 aliphatic heterocycles. The Morgan fingerprint density at radius 1 is 1.03 bits per heavy atom. The summed E-state index contributed by atoms with van der Waals surface area (Å²) in [5, 5.41) is 7.17. The number of likely N-dealkylation sites (tertiary alicyclic amines) is 1. The fourth-order valence-electron chi connectivity index (χ4n) is 3.52. The third-order valence-corrected chi connectivity index (χ3v) is 5.95. The van der Waals surface area contributed by atoms with Gasteiger partial charge in [0, 0.05) is 35.1 Å². The molecule has 3 aromatic rings. The van der Waals surface area contributed by atoms with Gasteiger partial charge in [0.1, 0.15) is 11.6 Å². The Bertz CT molecular complexity index is 959. The predicted octanol–water partition coefficient (Wildman–Crippen LogP) is 2.70. The van der Waals surface area contributed by atoms with Crippen LogP contribution in [0, 0.1) is 0 Å². The fourth-order valence-corrected chi connectivity index (χ4v) is 4.32. The van der Waals surface area contributed by atoms with Gasteiger partial charge in [-0.2, -0.15) is 5.10 Å². The smallest absolute Gasteiger partial charge is 0.246 e. The van der Waals surface area contributed by atoms with Crippen molar-refractivity contribution in [3.05, 3.63) is 76.6 Å². The van der Waals surface area contributed by atoms with Gasteiger partial charge in [-0.25, -0.2) is 10.4 Å². The van der Waals surface area contributed by atoms with Crippen molar-refractivity contribution in [2.24, 2.45) is 5.10 Å². The minimum atomic E-state index is -0.106. The highest BCUT2D eigenvalue weighted by atomic mass is 32.1. The molecule has 0 atom stereocenters. The molecule has 5 nitrogen and oxygen atoms in total. The lowest BCUT2D eigenvalue weighted by Crippen LogP contribution is -3.11. The Morgan fingerprint density at radius 3 is 2.45 bits per heavy atom. The van der Waals surface area contributed by atoms with Crippen molar-refractivity contribution in [3.8, 4) is 11.3 Å². The summed E-state index contributed by atoms with van der Waals surface area (Å²) in [7, 11) is 0. The zero-order valence-electron chi connectivity index (χ0n) is 16.3. The van der Waals surface area contributed by atoms with E-state index in [0.29, 0.717) is 0 Å². The Kier molecular flexibility index (Phi) is 6.44. The molecule has 2 heterocycles. The average molecular weight is 406 g/mol. The molecule has 2 N–H and O–H groups in total. The van der Waals surface area contributed by atoms with Crippen LogP contribution in [0.5, 0.6) is 0 Å². The lowest BCUT2D eigenvalue weighted by atomic mass is 10.1. The molecule has 0 spiro atoms. The fraction of sp³-hybridized carbons (Fsp3) is 0.261. The maximum Gasteiger partial charge on any atom is 0.246 e. The molecule has 1 amide bonds. The summed E-state index contributed by atoms with van der Waals surface area (Å²) in [5.74, 6) is -0.106. The Balaban J connectivity index is 1.24. The summed E-state index contributed by atoms with van der Waals surface area (Å²) in [4.78, 5) is 18.4. The van der Waals surface area contributed by atoms with Gasteiger partial charge >= 0.3 is 0 Å². The number of aromatic nitrogens is 1. The molecular weight excluding hydrogens is 380 g/mol. The van der Waals surface area contributed by atoms with Gasteiger partial charge in [0.05, 0.1) is 25.2 Å². The standard InChI is InChI=1S/C23H24N4OS/c28-22(15-23-24-21(17-29-23)19-9-5-2-6-10-19)26-25-20-11-13-27(14-12-20)16-18-7-3-1-4-8-18/h1-10,17H,11-16H2,(H,26,28)/p+1. The second-order valence-electron chi connectivity index (χ2n) is 7.29. The van der Waals surface area contributed by atoms with E-state index in [2.05, 4.69) is 45.8 Å². The number of amides is 1. The number of hydrazone groups is 1. The van der Waals surface area contributed by atoms with Crippen LogP contribution in [0.15, 0.2) is 71.1 Å². The third-order valence-electron chi connectivity index (χ3n) is 5.10. The van der Waals surface area contributed by atoms with E-state index in [0.717, 1.165) is 54.5 Å². The van der Waals surface area contributed by atoms with Crippen LogP contribution < -0.4 is 10.3 Å². The number of rotatable bonds is 6. The van der Waals surface area contributed by atoms with Crippen molar-refractivity contribution in [3.63, 3.8) is 0 Å². The zero-order chi connectivity index (χ0) is 19.9. The predicted molar refractivity (Wildman–Crippen MR) is 117 cm³/mol. The first-order valence-corrected chi connectivity index (χ1v) is 10.9. The van der Waals surface area contributed by atoms with Crippen LogP contribution in [0.4, 0.5) is 0 Å². The molecule has 0 saturated carbocycles. The number of quaternary nitrogens is 1. The van der Waals surface area contributed by atoms with Crippen molar-refractivity contribution < 1.29 is 9.69 Å². The number of nitrogens with one attached hydrogen (secondary N) is 2. The summed E-state index contributed by atoms with van der Waals surface area (Å²) in [6, 6.07) is 20.6. The van der Waals surface area contributed by atoms with Gasteiger partial charge in [0.2, 0.25) is 5.91 Å². The zero-order valence-corrected chi connectivity index (χ0v) is 17.1. The van der Waals surface area contributed by atoms with Gasteiger partial charge in [-0.05, 0) is 0 Å². The number of thiazole rings is 1. The second-order valence-corrected chi connectivity index (χ2v) is 8.24. The minimum absolute atomic E-state index is 0.106. The normalized spacial score (nSPS) is 16.4. The number of hydrogen-bond donors (Lipinski definition) is 2. The topological polar surface area (TPSA) is 58.8 Å². The van der Waals surface area contributed by atoms with Gasteiger partial charge in [-0.15, -0.1) is 11.3 Å². The number of piperidine rings is 1. The Morgan fingerprint density at radius 2 is 1.72 bits per heavy atom. The third kappa shape index (κ3) is 5.59. The summed E-state index contributed by atoms with van der Waals surface area (Å²) >= 11 is 1.51. The van der Waals surface area contributed by atoms with Crippen molar-refractivity contribution in [1.29, 1.82) is 0 Å². The van der Waals surface area contributed by atoms with Crippen LogP contribution in [0.1, 0.15) is 23.4 Å². The van der Waals surface area contributed by atoms with Crippen molar-refractivity contribution in [2.75, 3.05) is 13.1 Å². The van der Waals surface area contributed by atoms with E-state index < -0.39 is 0 Å². The Hall–Kier alpha value is -2.83. The van der Waals surface area contributed by atoms with E-state index in [1.54, 1.807) is 4.90 Å². The van der Waals surface area contributed by atoms with Crippen LogP contribution in [-0.4, -0.2) is 29.7 Å². The van der Waals surface area contributed by atoms with Gasteiger partial charge < -0.3 is 4.90 Å². The highest BCUT2D eigenvalue weighted by molar-refractivity contribution is 7.10. The molecule has 1 fully saturated rings. The molecule has 1 saturated heterocycles. The van der Waals surface area contributed by atoms with E-state index in [-0.39, 0.29) is 12.3 Å².